The van der Waals surface area contributed by atoms with Crippen LogP contribution in [0.15, 0.2) is 36.4 Å². The van der Waals surface area contributed by atoms with Crippen LogP contribution in [0.2, 0.25) is 0 Å². The second-order valence-corrected chi connectivity index (χ2v) is 15.1. The van der Waals surface area contributed by atoms with Crippen LogP contribution in [0.25, 0.3) is 0 Å². The number of H-pyrrole nitrogens is 3. The van der Waals surface area contributed by atoms with E-state index in [2.05, 4.69) is 162 Å². The van der Waals surface area contributed by atoms with Crippen LogP contribution in [0, 0.1) is 0 Å². The van der Waals surface area contributed by atoms with E-state index in [1.807, 2.05) is 0 Å². The minimum atomic E-state index is -1.31. The Labute approximate surface area is 379 Å². The summed E-state index contributed by atoms with van der Waals surface area (Å²) >= 11 is 0. The van der Waals surface area contributed by atoms with Crippen LogP contribution >= 0.6 is 0 Å². The Hall–Kier alpha value is -3.13. The van der Waals surface area contributed by atoms with Crippen molar-refractivity contribution in [1.82, 2.24) is 42.9 Å². The Morgan fingerprint density at radius 3 is 0.825 bits per heavy atom. The molecule has 0 aliphatic heterocycles. The predicted octanol–water partition coefficient (Wildman–Crippen LogP) is 4.50. The Bertz CT molecular complexity index is 1760. The van der Waals surface area contributed by atoms with Gasteiger partial charge in [-0.3, -0.25) is 13.8 Å². The number of aromatic nitrogens is 12. The first-order valence-electron chi connectivity index (χ1n) is 22.1. The third-order valence-electron chi connectivity index (χ3n) is 11.7. The summed E-state index contributed by atoms with van der Waals surface area (Å²) in [7, 11) is -2.45. The molecule has 6 aromatic rings. The van der Waals surface area contributed by atoms with E-state index < -0.39 is 14.2 Å². The fourth-order valence-electron chi connectivity index (χ4n) is 8.31. The quantitative estimate of drug-likeness (QED) is 0.119. The SMILES string of the molecule is CCc1cc(CC)n([BH-](n2[nH+]c(CC)cc2CC)n2[nH+]c(CC)cc2CC)[nH+]1.CCc1cc(CC)n([BH-](n2nc(CC)cc2CC)n2nc(CC)cc2CC)n1.[Sr+2]. The van der Waals surface area contributed by atoms with E-state index in [9.17, 15) is 0 Å². The maximum atomic E-state index is 5.01. The average molecular weight is 853 g/mol. The minimum Gasteiger partial charge on any atom is -0.400 e. The fraction of sp³-hybridized carbons (Fsp3) is 0.571. The number of rotatable bonds is 18. The molecule has 0 aliphatic carbocycles. The topological polar surface area (TPSA) is 111 Å². The van der Waals surface area contributed by atoms with Gasteiger partial charge in [-0.2, -0.15) is 15.3 Å². The van der Waals surface area contributed by atoms with Crippen molar-refractivity contribution in [2.75, 3.05) is 0 Å². The van der Waals surface area contributed by atoms with E-state index in [0.717, 1.165) is 94.1 Å². The van der Waals surface area contributed by atoms with Gasteiger partial charge in [0.2, 0.25) is 17.1 Å². The third-order valence-corrected chi connectivity index (χ3v) is 11.7. The van der Waals surface area contributed by atoms with Gasteiger partial charge in [0, 0.05) is 54.5 Å². The van der Waals surface area contributed by atoms with E-state index in [0.29, 0.717) is 0 Å². The summed E-state index contributed by atoms with van der Waals surface area (Å²) in [4.78, 5) is 0. The van der Waals surface area contributed by atoms with Gasteiger partial charge in [0.05, 0.1) is 17.1 Å². The maximum Gasteiger partial charge on any atom is 2.00 e. The number of hydrogen-bond acceptors (Lipinski definition) is 3. The standard InChI is InChI=1S/2C21H34BN6.Sr/c2*1-7-16-13-19(10-4)26(23-16)22(27-20(11-5)14-17(8-2)24-27)28-21(12-6)15-18(9-3)25-28;/h2*13-15,22H,7-12H2,1-6H3;/q2*-1;+2/p+3. The molecule has 0 amide bonds. The third kappa shape index (κ3) is 10.0. The number of aryl methyl sites for hydroxylation is 12. The van der Waals surface area contributed by atoms with E-state index in [1.165, 1.54) is 51.2 Å². The van der Waals surface area contributed by atoms with E-state index in [1.54, 1.807) is 0 Å². The molecular formula is C42H71B2N12Sr+3. The normalized spacial score (nSPS) is 11.5. The number of nitrogens with zero attached hydrogens (tertiary/aromatic N) is 9. The van der Waals surface area contributed by atoms with Gasteiger partial charge in [0.1, 0.15) is 0 Å². The molecule has 57 heavy (non-hydrogen) atoms. The van der Waals surface area contributed by atoms with Crippen LogP contribution in [0.5, 0.6) is 0 Å². The molecule has 0 fully saturated rings. The monoisotopic (exact) mass is 854 g/mol. The zero-order valence-electron chi connectivity index (χ0n) is 37.6. The summed E-state index contributed by atoms with van der Waals surface area (Å²) in [6.07, 6.45) is 11.7. The van der Waals surface area contributed by atoms with Crippen molar-refractivity contribution < 1.29 is 15.3 Å². The van der Waals surface area contributed by atoms with Crippen molar-refractivity contribution in [3.8, 4) is 0 Å². The molecule has 6 aromatic heterocycles. The van der Waals surface area contributed by atoms with Crippen molar-refractivity contribution in [3.63, 3.8) is 0 Å². The Morgan fingerprint density at radius 2 is 0.614 bits per heavy atom. The van der Waals surface area contributed by atoms with Crippen molar-refractivity contribution in [1.29, 1.82) is 0 Å². The summed E-state index contributed by atoms with van der Waals surface area (Å²) in [5.41, 5.74) is 15.1. The Morgan fingerprint density at radius 1 is 0.351 bits per heavy atom. The van der Waals surface area contributed by atoms with Crippen LogP contribution in [-0.2, 0) is 77.0 Å². The zero-order valence-corrected chi connectivity index (χ0v) is 41.1. The zero-order chi connectivity index (χ0) is 40.5. The van der Waals surface area contributed by atoms with Crippen molar-refractivity contribution in [2.45, 2.75) is 160 Å². The van der Waals surface area contributed by atoms with Gasteiger partial charge >= 0.3 is 59.7 Å². The molecular weight excluding hydrogens is 782 g/mol. The molecule has 0 spiro atoms. The summed E-state index contributed by atoms with van der Waals surface area (Å²) < 4.78 is 13.9. The molecule has 0 radical (unpaired) electrons. The molecule has 0 atom stereocenters. The summed E-state index contributed by atoms with van der Waals surface area (Å²) in [5.74, 6) is 0. The molecule has 0 bridgehead atoms. The molecule has 0 saturated heterocycles. The number of aromatic amines is 3. The molecule has 0 aromatic carbocycles. The molecule has 0 aliphatic rings. The second kappa shape index (κ2) is 21.8. The van der Waals surface area contributed by atoms with Gasteiger partial charge < -0.3 is 13.8 Å². The first-order chi connectivity index (χ1) is 27.2. The van der Waals surface area contributed by atoms with Crippen molar-refractivity contribution in [2.24, 2.45) is 0 Å². The maximum absolute atomic E-state index is 5.01. The molecule has 0 saturated carbocycles. The van der Waals surface area contributed by atoms with E-state index >= 15 is 0 Å². The summed E-state index contributed by atoms with van der Waals surface area (Å²) in [5, 5.41) is 26.1. The van der Waals surface area contributed by atoms with Crippen molar-refractivity contribution in [3.05, 3.63) is 105 Å². The van der Waals surface area contributed by atoms with Crippen molar-refractivity contribution >= 4 is 59.7 Å². The van der Waals surface area contributed by atoms with Crippen LogP contribution in [-0.4, -0.2) is 103 Å². The van der Waals surface area contributed by atoms with Gasteiger partial charge in [-0.15, -0.1) is 0 Å². The molecule has 3 N–H and O–H groups in total. The molecule has 15 heteroatoms. The van der Waals surface area contributed by atoms with Gasteiger partial charge in [0.25, 0.3) is 0 Å². The Kier molecular flexibility index (Phi) is 17.8. The average Bonchev–Trinajstić information content (AvgIpc) is 4.10. The Balaban J connectivity index is 0.000000248. The van der Waals surface area contributed by atoms with E-state index in [-0.39, 0.29) is 45.5 Å². The largest absolute Gasteiger partial charge is 2.00 e. The van der Waals surface area contributed by atoms with Gasteiger partial charge in [-0.25, -0.2) is 15.3 Å². The summed E-state index contributed by atoms with van der Waals surface area (Å²) in [6, 6.07) is 13.7. The van der Waals surface area contributed by atoms with Crippen LogP contribution in [0.3, 0.4) is 0 Å². The van der Waals surface area contributed by atoms with E-state index in [4.69, 9.17) is 15.3 Å². The number of nitrogens with one attached hydrogen (secondary N) is 3. The smallest absolute Gasteiger partial charge is 0.400 e. The fourth-order valence-corrected chi connectivity index (χ4v) is 8.31. The van der Waals surface area contributed by atoms with Gasteiger partial charge in [-0.05, 0) is 93.1 Å². The minimum absolute atomic E-state index is 0. The van der Waals surface area contributed by atoms with Crippen LogP contribution < -0.4 is 15.3 Å². The van der Waals surface area contributed by atoms with Gasteiger partial charge in [0.15, 0.2) is 0 Å². The molecule has 304 valence electrons. The summed E-state index contributed by atoms with van der Waals surface area (Å²) in [6.45, 7) is 26.5. The molecule has 0 unspecified atom stereocenters. The first-order valence-corrected chi connectivity index (χ1v) is 22.1. The molecule has 6 rings (SSSR count). The molecule has 6 heterocycles. The van der Waals surface area contributed by atoms with Crippen LogP contribution in [0.4, 0.5) is 0 Å². The molecule has 12 nitrogen and oxygen atoms in total. The van der Waals surface area contributed by atoms with Gasteiger partial charge in [-0.1, -0.05) is 83.1 Å². The number of hydrogen-bond donors (Lipinski definition) is 0. The predicted molar refractivity (Wildman–Crippen MR) is 235 cm³/mol. The second-order valence-electron chi connectivity index (χ2n) is 15.1. The van der Waals surface area contributed by atoms with Crippen LogP contribution in [0.1, 0.15) is 151 Å². The first kappa shape index (κ1) is 46.6.